The summed E-state index contributed by atoms with van der Waals surface area (Å²) < 4.78 is 87.5. The van der Waals surface area contributed by atoms with Gasteiger partial charge in [0, 0.05) is 31.7 Å². The number of H-pyrrole nitrogens is 1. The van der Waals surface area contributed by atoms with E-state index in [0.717, 1.165) is 11.1 Å². The Balaban J connectivity index is 1.40. The third-order valence-corrected chi connectivity index (χ3v) is 15.5. The van der Waals surface area contributed by atoms with Crippen LogP contribution in [0.1, 0.15) is 43.0 Å². The Morgan fingerprint density at radius 1 is 0.776 bits per heavy atom. The first kappa shape index (κ1) is 46.5. The number of aromatic nitrogens is 6. The molecule has 1 amide bonds. The minimum atomic E-state index is -4.95. The third kappa shape index (κ3) is 9.50. The molecule has 0 unspecified atom stereocenters. The number of hydrogen-bond acceptors (Lipinski definition) is 14. The van der Waals surface area contributed by atoms with Crippen LogP contribution in [0.5, 0.6) is 17.2 Å². The minimum Gasteiger partial charge on any atom is -0.497 e. The van der Waals surface area contributed by atoms with E-state index in [1.54, 1.807) is 101 Å². The Morgan fingerprint density at radius 2 is 1.31 bits per heavy atom. The highest BCUT2D eigenvalue weighted by atomic mass is 32.2. The summed E-state index contributed by atoms with van der Waals surface area (Å²) in [5.41, 5.74) is 9.74. The van der Waals surface area contributed by atoms with E-state index in [9.17, 15) is 4.79 Å². The fourth-order valence-corrected chi connectivity index (χ4v) is 11.9. The van der Waals surface area contributed by atoms with Crippen LogP contribution in [0.15, 0.2) is 107 Å². The molecule has 5 aromatic carbocycles. The molecule has 0 spiro atoms. The Labute approximate surface area is 388 Å². The number of amides is 1. The second-order valence-electron chi connectivity index (χ2n) is 17.1. The number of hydrogen-bond donors (Lipinski definition) is 2. The summed E-state index contributed by atoms with van der Waals surface area (Å²) in [6.07, 6.45) is -0.688. The maximum Gasteiger partial charge on any atom is 0.410 e. The van der Waals surface area contributed by atoms with E-state index in [4.69, 9.17) is 24.7 Å². The average Bonchev–Trinajstić information content (AvgIpc) is 3.91. The van der Waals surface area contributed by atoms with Crippen molar-refractivity contribution in [2.75, 3.05) is 40.2 Å². The first-order valence-electron chi connectivity index (χ1n) is 21.2. The normalized spacial score (nSPS) is 13.5. The lowest BCUT2D eigenvalue weighted by Gasteiger charge is -2.39. The number of carbonyl (C=O) groups is 1. The molecule has 18 nitrogen and oxygen atoms in total. The Hall–Kier alpha value is -7.03. The number of imidazole rings is 1. The van der Waals surface area contributed by atoms with Crippen molar-refractivity contribution in [2.45, 2.75) is 68.0 Å². The lowest BCUT2D eigenvalue weighted by atomic mass is 9.96. The molecule has 0 atom stereocenters. The van der Waals surface area contributed by atoms with Gasteiger partial charge >= 0.3 is 6.09 Å². The molecular weight excluding hydrogens is 899 g/mol. The summed E-state index contributed by atoms with van der Waals surface area (Å²) in [6, 6.07) is 27.5. The molecule has 0 radical (unpaired) electrons. The van der Waals surface area contributed by atoms with Gasteiger partial charge in [0.25, 0.3) is 0 Å². The highest BCUT2D eigenvalue weighted by molar-refractivity contribution is 7.94. The van der Waals surface area contributed by atoms with Crippen molar-refractivity contribution < 1.29 is 40.6 Å². The van der Waals surface area contributed by atoms with Crippen LogP contribution < -0.4 is 19.9 Å². The standard InChI is InChI=1S/C47H51N9O9S2/c1-29-8-21-38(42-41(29)49-45(48)50-42)37-22-23-39(66(58,59)36-27-54(28-36)46(57)65-47(2,3)4)43(40(37)44-51-52-53-56(44)26-32-13-19-35(64-7)20-14-32)67(60,61)55(24-30-9-15-33(62-5)16-10-30)25-31-11-17-34(63-6)18-12-31/h8-23,36H,24-28H2,1-7H3,(H3,48,49,50). The van der Waals surface area contributed by atoms with Crippen molar-refractivity contribution in [3.8, 4) is 39.8 Å². The zero-order chi connectivity index (χ0) is 47.8. The van der Waals surface area contributed by atoms with Crippen LogP contribution in [0.4, 0.5) is 10.7 Å². The topological polar surface area (TPSA) is 227 Å². The number of nitrogens with one attached hydrogen (secondary N) is 1. The number of rotatable bonds is 15. The zero-order valence-electron chi connectivity index (χ0n) is 38.0. The van der Waals surface area contributed by atoms with Crippen molar-refractivity contribution in [3.63, 3.8) is 0 Å². The van der Waals surface area contributed by atoms with E-state index >= 15 is 16.8 Å². The van der Waals surface area contributed by atoms with Crippen LogP contribution in [-0.2, 0) is 44.2 Å². The summed E-state index contributed by atoms with van der Waals surface area (Å²) in [6.45, 7) is 6.19. The summed E-state index contributed by atoms with van der Waals surface area (Å²) >= 11 is 0. The monoisotopic (exact) mass is 949 g/mol. The molecule has 67 heavy (non-hydrogen) atoms. The second-order valence-corrected chi connectivity index (χ2v) is 21.2. The first-order valence-corrected chi connectivity index (χ1v) is 24.2. The molecule has 1 aliphatic rings. The fraction of sp³-hybridized carbons (Fsp3) is 0.298. The van der Waals surface area contributed by atoms with Gasteiger partial charge < -0.3 is 34.6 Å². The van der Waals surface area contributed by atoms with Gasteiger partial charge in [-0.3, -0.25) is 0 Å². The number of anilines is 1. The summed E-state index contributed by atoms with van der Waals surface area (Å²) in [5.74, 6) is 1.81. The summed E-state index contributed by atoms with van der Waals surface area (Å²) in [5, 5.41) is 11.7. The predicted molar refractivity (Wildman–Crippen MR) is 251 cm³/mol. The van der Waals surface area contributed by atoms with Crippen LogP contribution in [0.25, 0.3) is 33.5 Å². The van der Waals surface area contributed by atoms with Crippen LogP contribution in [-0.4, -0.2) is 108 Å². The molecule has 2 aromatic heterocycles. The number of aromatic amines is 1. The molecule has 1 fully saturated rings. The van der Waals surface area contributed by atoms with Crippen molar-refractivity contribution in [1.29, 1.82) is 0 Å². The van der Waals surface area contributed by atoms with Gasteiger partial charge in [-0.25, -0.2) is 31.3 Å². The average molecular weight is 950 g/mol. The number of sulfonamides is 1. The van der Waals surface area contributed by atoms with E-state index in [-0.39, 0.29) is 55.6 Å². The quantitative estimate of drug-likeness (QED) is 0.110. The summed E-state index contributed by atoms with van der Waals surface area (Å²) in [4.78, 5) is 21.0. The zero-order valence-corrected chi connectivity index (χ0v) is 39.7. The predicted octanol–water partition coefficient (Wildman–Crippen LogP) is 6.63. The molecule has 0 saturated carbocycles. The van der Waals surface area contributed by atoms with Gasteiger partial charge in [0.2, 0.25) is 10.0 Å². The Morgan fingerprint density at radius 3 is 1.85 bits per heavy atom. The van der Waals surface area contributed by atoms with E-state index in [1.165, 1.54) is 34.2 Å². The molecular formula is C47H51N9O9S2. The summed E-state index contributed by atoms with van der Waals surface area (Å²) in [7, 11) is -4.92. The molecule has 20 heteroatoms. The number of nitrogen functional groups attached to an aromatic ring is 1. The van der Waals surface area contributed by atoms with Crippen LogP contribution in [0, 0.1) is 6.92 Å². The molecule has 7 aromatic rings. The van der Waals surface area contributed by atoms with E-state index in [0.29, 0.717) is 45.0 Å². The van der Waals surface area contributed by atoms with E-state index < -0.39 is 46.6 Å². The van der Waals surface area contributed by atoms with Crippen molar-refractivity contribution in [1.82, 2.24) is 39.4 Å². The number of ether oxygens (including phenoxy) is 4. The largest absolute Gasteiger partial charge is 0.497 e. The van der Waals surface area contributed by atoms with Crippen molar-refractivity contribution in [3.05, 3.63) is 119 Å². The van der Waals surface area contributed by atoms with Crippen molar-refractivity contribution >= 4 is 42.9 Å². The number of benzene rings is 5. The number of carbonyl (C=O) groups excluding carboxylic acids is 1. The molecule has 8 rings (SSSR count). The number of nitrogens with two attached hydrogens (primary N) is 1. The molecule has 0 bridgehead atoms. The molecule has 3 N–H and O–H groups in total. The number of tetrazole rings is 1. The van der Waals surface area contributed by atoms with Crippen LogP contribution >= 0.6 is 0 Å². The van der Waals surface area contributed by atoms with Gasteiger partial charge in [-0.1, -0.05) is 54.6 Å². The van der Waals surface area contributed by atoms with Gasteiger partial charge in [-0.2, -0.15) is 4.31 Å². The molecule has 1 saturated heterocycles. The molecule has 1 aliphatic heterocycles. The number of nitrogens with zero attached hydrogens (tertiary/aromatic N) is 7. The maximum absolute atomic E-state index is 16.3. The third-order valence-electron chi connectivity index (χ3n) is 11.4. The Bertz CT molecular complexity index is 3110. The van der Waals surface area contributed by atoms with Crippen molar-refractivity contribution in [2.24, 2.45) is 0 Å². The van der Waals surface area contributed by atoms with E-state index in [2.05, 4.69) is 25.5 Å². The highest BCUT2D eigenvalue weighted by Gasteiger charge is 2.46. The van der Waals surface area contributed by atoms with Gasteiger partial charge in [-0.05, 0) is 108 Å². The lowest BCUT2D eigenvalue weighted by molar-refractivity contribution is 0.0139. The van der Waals surface area contributed by atoms with E-state index in [1.807, 2.05) is 25.1 Å². The van der Waals surface area contributed by atoms with Crippen LogP contribution in [0.2, 0.25) is 0 Å². The smallest absolute Gasteiger partial charge is 0.410 e. The highest BCUT2D eigenvalue weighted by Crippen LogP contribution is 2.45. The van der Waals surface area contributed by atoms with Gasteiger partial charge in [0.15, 0.2) is 21.6 Å². The van der Waals surface area contributed by atoms with Gasteiger partial charge in [0.1, 0.15) is 33.0 Å². The number of fused-ring (bicyclic) bond motifs is 1. The Kier molecular flexibility index (Phi) is 12.7. The number of methoxy groups -OCH3 is 3. The second kappa shape index (κ2) is 18.3. The molecule has 0 aliphatic carbocycles. The first-order chi connectivity index (χ1) is 31.9. The number of aryl methyl sites for hydroxylation is 1. The fourth-order valence-electron chi connectivity index (χ4n) is 7.86. The van der Waals surface area contributed by atoms with Crippen LogP contribution in [0.3, 0.4) is 0 Å². The molecule has 350 valence electrons. The maximum atomic E-state index is 16.3. The SMILES string of the molecule is COc1ccc(CN(Cc2ccc(OC)cc2)S(=O)(=O)c2c(S(=O)(=O)C3CN(C(=O)OC(C)(C)C)C3)ccc(-c3ccc(C)c4[nH]c(N)nc34)c2-c2nnnn2Cc2ccc(OC)cc2)cc1. The van der Waals surface area contributed by atoms with Gasteiger partial charge in [0.05, 0.1) is 49.4 Å². The number of sulfone groups is 1. The lowest BCUT2D eigenvalue weighted by Crippen LogP contribution is -2.57. The minimum absolute atomic E-state index is 0.0449. The number of likely N-dealkylation sites (tertiary alicyclic amines) is 1. The van der Waals surface area contributed by atoms with Gasteiger partial charge in [-0.15, -0.1) is 5.10 Å². The molecule has 3 heterocycles.